The predicted octanol–water partition coefficient (Wildman–Crippen LogP) is 2.84. The highest BCUT2D eigenvalue weighted by Gasteiger charge is 2.09. The van der Waals surface area contributed by atoms with Crippen LogP contribution in [-0.4, -0.2) is 20.3 Å². The Bertz CT molecular complexity index is 558. The molecule has 0 saturated carbocycles. The van der Waals surface area contributed by atoms with Crippen LogP contribution in [0.3, 0.4) is 0 Å². The molecule has 2 N–H and O–H groups in total. The zero-order chi connectivity index (χ0) is 13.7. The Kier molecular flexibility index (Phi) is 4.36. The molecule has 2 aromatic rings. The van der Waals surface area contributed by atoms with E-state index in [1.165, 1.54) is 6.07 Å². The third kappa shape index (κ3) is 3.03. The van der Waals surface area contributed by atoms with Crippen molar-refractivity contribution in [3.8, 4) is 22.6 Å². The van der Waals surface area contributed by atoms with Crippen LogP contribution < -0.4 is 15.2 Å². The second-order valence-corrected chi connectivity index (χ2v) is 3.98. The molecule has 3 nitrogen and oxygen atoms in total. The summed E-state index contributed by atoms with van der Waals surface area (Å²) in [7, 11) is 1.55. The topological polar surface area (TPSA) is 44.5 Å². The molecule has 0 spiro atoms. The van der Waals surface area contributed by atoms with Gasteiger partial charge in [-0.05, 0) is 23.8 Å². The van der Waals surface area contributed by atoms with Crippen molar-refractivity contribution >= 4 is 0 Å². The van der Waals surface area contributed by atoms with Crippen molar-refractivity contribution in [1.82, 2.24) is 0 Å². The van der Waals surface area contributed by atoms with E-state index in [-0.39, 0.29) is 5.82 Å². The molecular formula is C15H16FNO2. The summed E-state index contributed by atoms with van der Waals surface area (Å²) in [4.78, 5) is 0. The van der Waals surface area contributed by atoms with E-state index < -0.39 is 0 Å². The number of methoxy groups -OCH3 is 1. The maximum atomic E-state index is 13.7. The molecule has 0 bridgehead atoms. The van der Waals surface area contributed by atoms with Crippen LogP contribution >= 0.6 is 0 Å². The van der Waals surface area contributed by atoms with Crippen molar-refractivity contribution in [1.29, 1.82) is 0 Å². The molecule has 0 amide bonds. The van der Waals surface area contributed by atoms with Crippen molar-refractivity contribution in [3.63, 3.8) is 0 Å². The molecule has 0 aliphatic rings. The van der Waals surface area contributed by atoms with Gasteiger partial charge in [-0.2, -0.15) is 0 Å². The highest BCUT2D eigenvalue weighted by atomic mass is 19.1. The van der Waals surface area contributed by atoms with Crippen LogP contribution in [0.15, 0.2) is 42.5 Å². The average molecular weight is 261 g/mol. The summed E-state index contributed by atoms with van der Waals surface area (Å²) in [5.74, 6) is 0.905. The second kappa shape index (κ2) is 6.20. The summed E-state index contributed by atoms with van der Waals surface area (Å²) in [6.07, 6.45) is 0. The van der Waals surface area contributed by atoms with Gasteiger partial charge in [-0.3, -0.25) is 0 Å². The van der Waals surface area contributed by atoms with E-state index in [9.17, 15) is 4.39 Å². The lowest BCUT2D eigenvalue weighted by atomic mass is 10.0. The zero-order valence-electron chi connectivity index (χ0n) is 10.7. The van der Waals surface area contributed by atoms with Gasteiger partial charge in [-0.1, -0.05) is 24.3 Å². The number of hydrogen-bond acceptors (Lipinski definition) is 3. The van der Waals surface area contributed by atoms with Gasteiger partial charge in [0.1, 0.15) is 12.4 Å². The molecule has 0 radical (unpaired) electrons. The van der Waals surface area contributed by atoms with Crippen LogP contribution in [0.1, 0.15) is 0 Å². The van der Waals surface area contributed by atoms with Crippen LogP contribution in [0.2, 0.25) is 0 Å². The largest absolute Gasteiger partial charge is 0.493 e. The van der Waals surface area contributed by atoms with Gasteiger partial charge in [0, 0.05) is 12.1 Å². The van der Waals surface area contributed by atoms with Gasteiger partial charge in [-0.25, -0.2) is 4.39 Å². The molecule has 0 heterocycles. The van der Waals surface area contributed by atoms with Crippen molar-refractivity contribution < 1.29 is 13.9 Å². The first-order valence-corrected chi connectivity index (χ1v) is 6.02. The molecule has 0 atom stereocenters. The quantitative estimate of drug-likeness (QED) is 0.900. The summed E-state index contributed by atoms with van der Waals surface area (Å²) >= 11 is 0. The Morgan fingerprint density at radius 2 is 1.89 bits per heavy atom. The van der Waals surface area contributed by atoms with Gasteiger partial charge in [0.2, 0.25) is 0 Å². The molecule has 0 unspecified atom stereocenters. The van der Waals surface area contributed by atoms with E-state index >= 15 is 0 Å². The summed E-state index contributed by atoms with van der Waals surface area (Å²) in [6.45, 7) is 0.841. The number of rotatable bonds is 5. The molecule has 0 aromatic heterocycles. The lowest BCUT2D eigenvalue weighted by Crippen LogP contribution is -2.11. The Morgan fingerprint density at radius 3 is 2.58 bits per heavy atom. The third-order valence-corrected chi connectivity index (χ3v) is 2.72. The highest BCUT2D eigenvalue weighted by molar-refractivity contribution is 5.67. The Morgan fingerprint density at radius 1 is 1.11 bits per heavy atom. The first-order valence-electron chi connectivity index (χ1n) is 6.02. The zero-order valence-corrected chi connectivity index (χ0v) is 10.7. The number of hydrogen-bond donors (Lipinski definition) is 1. The lowest BCUT2D eigenvalue weighted by molar-refractivity contribution is 0.302. The summed E-state index contributed by atoms with van der Waals surface area (Å²) < 4.78 is 24.4. The Labute approximate surface area is 111 Å². The average Bonchev–Trinajstić information content (AvgIpc) is 2.45. The fourth-order valence-corrected chi connectivity index (χ4v) is 1.82. The summed E-state index contributed by atoms with van der Waals surface area (Å²) in [5.41, 5.74) is 6.67. The van der Waals surface area contributed by atoms with Crippen LogP contribution in [0.25, 0.3) is 11.1 Å². The summed E-state index contributed by atoms with van der Waals surface area (Å²) in [6, 6.07) is 11.9. The van der Waals surface area contributed by atoms with Crippen molar-refractivity contribution in [2.45, 2.75) is 0 Å². The minimum Gasteiger partial charge on any atom is -0.493 e. The minimum atomic E-state index is -0.264. The first kappa shape index (κ1) is 13.4. The van der Waals surface area contributed by atoms with Crippen LogP contribution in [0, 0.1) is 5.82 Å². The molecule has 0 fully saturated rings. The molecule has 2 aromatic carbocycles. The molecule has 2 rings (SSSR count). The molecule has 19 heavy (non-hydrogen) atoms. The van der Waals surface area contributed by atoms with Gasteiger partial charge in [0.15, 0.2) is 11.5 Å². The summed E-state index contributed by atoms with van der Waals surface area (Å²) in [5, 5.41) is 0. The maximum Gasteiger partial charge on any atom is 0.161 e. The second-order valence-electron chi connectivity index (χ2n) is 3.98. The van der Waals surface area contributed by atoms with E-state index in [1.54, 1.807) is 43.5 Å². The molecule has 0 aliphatic carbocycles. The minimum absolute atomic E-state index is 0.264. The maximum absolute atomic E-state index is 13.7. The number of halogens is 1. The van der Waals surface area contributed by atoms with Gasteiger partial charge < -0.3 is 15.2 Å². The predicted molar refractivity (Wildman–Crippen MR) is 72.9 cm³/mol. The normalized spacial score (nSPS) is 10.3. The van der Waals surface area contributed by atoms with Crippen molar-refractivity contribution in [2.75, 3.05) is 20.3 Å². The molecule has 4 heteroatoms. The number of ether oxygens (including phenoxy) is 2. The third-order valence-electron chi connectivity index (χ3n) is 2.72. The van der Waals surface area contributed by atoms with Gasteiger partial charge in [0.25, 0.3) is 0 Å². The highest BCUT2D eigenvalue weighted by Crippen LogP contribution is 2.33. The Balaban J connectivity index is 2.36. The van der Waals surface area contributed by atoms with E-state index in [4.69, 9.17) is 15.2 Å². The van der Waals surface area contributed by atoms with E-state index in [2.05, 4.69) is 0 Å². The molecular weight excluding hydrogens is 245 g/mol. The van der Waals surface area contributed by atoms with Gasteiger partial charge in [-0.15, -0.1) is 0 Å². The fourth-order valence-electron chi connectivity index (χ4n) is 1.82. The van der Waals surface area contributed by atoms with Crippen LogP contribution in [-0.2, 0) is 0 Å². The van der Waals surface area contributed by atoms with Crippen molar-refractivity contribution in [2.24, 2.45) is 5.73 Å². The smallest absolute Gasteiger partial charge is 0.161 e. The monoisotopic (exact) mass is 261 g/mol. The molecule has 0 aliphatic heterocycles. The first-order chi connectivity index (χ1) is 9.26. The van der Waals surface area contributed by atoms with Crippen LogP contribution in [0.5, 0.6) is 11.5 Å². The van der Waals surface area contributed by atoms with Crippen molar-refractivity contribution in [3.05, 3.63) is 48.3 Å². The SMILES string of the molecule is COc1cc(-c2ccccc2F)ccc1OCCN. The van der Waals surface area contributed by atoms with Crippen LogP contribution in [0.4, 0.5) is 4.39 Å². The fraction of sp³-hybridized carbons (Fsp3) is 0.200. The molecule has 100 valence electrons. The number of nitrogens with two attached hydrogens (primary N) is 1. The van der Waals surface area contributed by atoms with E-state index in [1.807, 2.05) is 0 Å². The Hall–Kier alpha value is -2.07. The van der Waals surface area contributed by atoms with Gasteiger partial charge in [0.05, 0.1) is 7.11 Å². The van der Waals surface area contributed by atoms with Gasteiger partial charge >= 0.3 is 0 Å². The number of benzene rings is 2. The van der Waals surface area contributed by atoms with E-state index in [0.717, 1.165) is 5.56 Å². The molecule has 0 saturated heterocycles. The standard InChI is InChI=1S/C15H16FNO2/c1-18-15-10-11(6-7-14(15)19-9-8-17)12-4-2-3-5-13(12)16/h2-7,10H,8-9,17H2,1H3. The lowest BCUT2D eigenvalue weighted by Gasteiger charge is -2.12. The van der Waals surface area contributed by atoms with E-state index in [0.29, 0.717) is 30.2 Å².